The highest BCUT2D eigenvalue weighted by molar-refractivity contribution is 5.97. The summed E-state index contributed by atoms with van der Waals surface area (Å²) in [5, 5.41) is 7.45. The van der Waals surface area contributed by atoms with Crippen molar-refractivity contribution in [3.05, 3.63) is 0 Å². The third-order valence-corrected chi connectivity index (χ3v) is 2.94. The molecule has 0 fully saturated rings. The number of nitrogens with two attached hydrogens (primary N) is 5. The molecule has 10 nitrogen and oxygen atoms in total. The first-order valence-corrected chi connectivity index (χ1v) is 6.96. The standard InChI is InChI=1S/C12H26N8O2/c13-8(7-21)3-2-6-20(12(17)18)10(22)9(14)4-1-5-19-11(15)16/h7-9H,1-6,13-14H2,(H3,17,18)(H4,15,16,19)/t8-,9+/m1/s1. The van der Waals surface area contributed by atoms with E-state index in [2.05, 4.69) is 4.99 Å². The normalized spacial score (nSPS) is 13.0. The van der Waals surface area contributed by atoms with E-state index in [0.717, 1.165) is 4.90 Å². The zero-order valence-corrected chi connectivity index (χ0v) is 12.6. The fourth-order valence-electron chi connectivity index (χ4n) is 1.75. The molecule has 0 aromatic heterocycles. The lowest BCUT2D eigenvalue weighted by molar-refractivity contribution is -0.129. The van der Waals surface area contributed by atoms with E-state index < -0.39 is 18.0 Å². The number of amides is 1. The molecule has 2 atom stereocenters. The van der Waals surface area contributed by atoms with Crippen LogP contribution in [0.4, 0.5) is 0 Å². The first kappa shape index (κ1) is 19.8. The Morgan fingerprint density at radius 2 is 1.82 bits per heavy atom. The number of rotatable bonds is 10. The number of aldehydes is 1. The Labute approximate surface area is 129 Å². The van der Waals surface area contributed by atoms with Crippen LogP contribution in [0.3, 0.4) is 0 Å². The van der Waals surface area contributed by atoms with Crippen LogP contribution in [0.5, 0.6) is 0 Å². The number of hydrogen-bond acceptors (Lipinski definition) is 6. The number of nitrogens with zero attached hydrogens (tertiary/aromatic N) is 2. The molecule has 0 aliphatic rings. The van der Waals surface area contributed by atoms with Crippen LogP contribution in [0.2, 0.25) is 0 Å². The second-order valence-corrected chi connectivity index (χ2v) is 4.87. The zero-order chi connectivity index (χ0) is 17.1. The molecule has 10 heteroatoms. The Morgan fingerprint density at radius 3 is 2.32 bits per heavy atom. The maximum Gasteiger partial charge on any atom is 0.246 e. The molecule has 0 aliphatic heterocycles. The molecule has 22 heavy (non-hydrogen) atoms. The van der Waals surface area contributed by atoms with E-state index in [1.807, 2.05) is 0 Å². The molecule has 0 spiro atoms. The van der Waals surface area contributed by atoms with Crippen LogP contribution in [-0.2, 0) is 9.59 Å². The summed E-state index contributed by atoms with van der Waals surface area (Å²) < 4.78 is 0. The predicted octanol–water partition coefficient (Wildman–Crippen LogP) is -2.60. The quantitative estimate of drug-likeness (QED) is 0.110. The lowest BCUT2D eigenvalue weighted by Crippen LogP contribution is -2.49. The number of aliphatic imine (C=N–C) groups is 1. The van der Waals surface area contributed by atoms with Crippen molar-refractivity contribution < 1.29 is 9.59 Å². The van der Waals surface area contributed by atoms with E-state index in [0.29, 0.717) is 38.5 Å². The fraction of sp³-hybridized carbons (Fsp3) is 0.667. The molecule has 0 aromatic carbocycles. The lowest BCUT2D eigenvalue weighted by Gasteiger charge is -2.24. The van der Waals surface area contributed by atoms with Gasteiger partial charge in [0.1, 0.15) is 6.29 Å². The van der Waals surface area contributed by atoms with Gasteiger partial charge in [0, 0.05) is 13.1 Å². The van der Waals surface area contributed by atoms with Crippen LogP contribution in [0.1, 0.15) is 25.7 Å². The number of carbonyl (C=O) groups excluding carboxylic acids is 2. The summed E-state index contributed by atoms with van der Waals surface area (Å²) in [5.41, 5.74) is 27.0. The summed E-state index contributed by atoms with van der Waals surface area (Å²) in [5.74, 6) is -0.849. The summed E-state index contributed by atoms with van der Waals surface area (Å²) >= 11 is 0. The minimum atomic E-state index is -0.794. The van der Waals surface area contributed by atoms with Gasteiger partial charge in [-0.2, -0.15) is 0 Å². The third-order valence-electron chi connectivity index (χ3n) is 2.94. The molecule has 1 amide bonds. The monoisotopic (exact) mass is 314 g/mol. The number of hydrogen-bond donors (Lipinski definition) is 6. The van der Waals surface area contributed by atoms with Crippen molar-refractivity contribution in [3.63, 3.8) is 0 Å². The number of guanidine groups is 2. The highest BCUT2D eigenvalue weighted by Crippen LogP contribution is 2.04. The molecule has 126 valence electrons. The number of carbonyl (C=O) groups is 2. The average Bonchev–Trinajstić information content (AvgIpc) is 2.46. The van der Waals surface area contributed by atoms with Crippen molar-refractivity contribution in [2.75, 3.05) is 13.1 Å². The zero-order valence-electron chi connectivity index (χ0n) is 12.6. The van der Waals surface area contributed by atoms with Crippen molar-refractivity contribution in [1.82, 2.24) is 4.90 Å². The predicted molar refractivity (Wildman–Crippen MR) is 84.8 cm³/mol. The molecule has 0 bridgehead atoms. The summed E-state index contributed by atoms with van der Waals surface area (Å²) in [6, 6.07) is -1.38. The van der Waals surface area contributed by atoms with Crippen molar-refractivity contribution in [3.8, 4) is 0 Å². The van der Waals surface area contributed by atoms with Crippen LogP contribution in [0, 0.1) is 5.41 Å². The van der Waals surface area contributed by atoms with Crippen molar-refractivity contribution >= 4 is 24.1 Å². The molecule has 0 radical (unpaired) electrons. The van der Waals surface area contributed by atoms with Gasteiger partial charge in [0.25, 0.3) is 0 Å². The smallest absolute Gasteiger partial charge is 0.246 e. The highest BCUT2D eigenvalue weighted by Gasteiger charge is 2.22. The fourth-order valence-corrected chi connectivity index (χ4v) is 1.75. The van der Waals surface area contributed by atoms with Gasteiger partial charge in [-0.25, -0.2) is 0 Å². The molecular formula is C12H26N8O2. The molecular weight excluding hydrogens is 288 g/mol. The minimum absolute atomic E-state index is 0.0169. The van der Waals surface area contributed by atoms with Gasteiger partial charge < -0.3 is 33.5 Å². The van der Waals surface area contributed by atoms with Gasteiger partial charge in [0.15, 0.2) is 11.9 Å². The molecule has 0 heterocycles. The summed E-state index contributed by atoms with van der Waals surface area (Å²) in [7, 11) is 0. The van der Waals surface area contributed by atoms with Gasteiger partial charge in [-0.3, -0.25) is 20.1 Å². The van der Waals surface area contributed by atoms with Crippen LogP contribution in [-0.4, -0.2) is 54.2 Å². The summed E-state index contributed by atoms with van der Waals surface area (Å²) in [6.45, 7) is 0.564. The topological polar surface area (TPSA) is 204 Å². The molecule has 0 saturated heterocycles. The van der Waals surface area contributed by atoms with E-state index in [1.54, 1.807) is 0 Å². The third kappa shape index (κ3) is 8.17. The Morgan fingerprint density at radius 1 is 1.18 bits per heavy atom. The van der Waals surface area contributed by atoms with E-state index in [1.165, 1.54) is 0 Å². The molecule has 0 rings (SSSR count). The Balaban J connectivity index is 4.36. The first-order chi connectivity index (χ1) is 10.3. The lowest BCUT2D eigenvalue weighted by atomic mass is 10.1. The molecule has 11 N–H and O–H groups in total. The molecule has 0 aliphatic carbocycles. The van der Waals surface area contributed by atoms with Crippen LogP contribution >= 0.6 is 0 Å². The van der Waals surface area contributed by atoms with Gasteiger partial charge in [0.05, 0.1) is 12.1 Å². The van der Waals surface area contributed by atoms with Crippen molar-refractivity contribution in [2.45, 2.75) is 37.8 Å². The summed E-state index contributed by atoms with van der Waals surface area (Å²) in [6.07, 6.45) is 2.39. The van der Waals surface area contributed by atoms with Gasteiger partial charge >= 0.3 is 0 Å². The van der Waals surface area contributed by atoms with Crippen LogP contribution in [0.15, 0.2) is 4.99 Å². The largest absolute Gasteiger partial charge is 0.370 e. The van der Waals surface area contributed by atoms with Crippen molar-refractivity contribution in [2.24, 2.45) is 33.7 Å². The molecule has 0 unspecified atom stereocenters. The van der Waals surface area contributed by atoms with Crippen LogP contribution < -0.4 is 28.7 Å². The summed E-state index contributed by atoms with van der Waals surface area (Å²) in [4.78, 5) is 27.5. The first-order valence-electron chi connectivity index (χ1n) is 6.96. The van der Waals surface area contributed by atoms with Gasteiger partial charge in [-0.1, -0.05) is 0 Å². The van der Waals surface area contributed by atoms with E-state index in [-0.39, 0.29) is 18.5 Å². The second kappa shape index (κ2) is 10.5. The maximum absolute atomic E-state index is 12.2. The Hall–Kier alpha value is -2.20. The maximum atomic E-state index is 12.2. The van der Waals surface area contributed by atoms with E-state index >= 15 is 0 Å². The molecule has 0 aromatic rings. The van der Waals surface area contributed by atoms with Crippen LogP contribution in [0.25, 0.3) is 0 Å². The SMILES string of the molecule is N=C(N)N(CCC[C@@H](N)C=O)C(=O)[C@@H](N)CCCN=C(N)N. The Kier molecular flexibility index (Phi) is 9.46. The van der Waals surface area contributed by atoms with Gasteiger partial charge in [-0.15, -0.1) is 0 Å². The number of nitrogens with one attached hydrogen (secondary N) is 1. The highest BCUT2D eigenvalue weighted by atomic mass is 16.2. The van der Waals surface area contributed by atoms with Crippen molar-refractivity contribution in [1.29, 1.82) is 5.41 Å². The minimum Gasteiger partial charge on any atom is -0.370 e. The molecule has 0 saturated carbocycles. The van der Waals surface area contributed by atoms with E-state index in [9.17, 15) is 9.59 Å². The van der Waals surface area contributed by atoms with E-state index in [4.69, 9.17) is 34.1 Å². The van der Waals surface area contributed by atoms with Gasteiger partial charge in [0.2, 0.25) is 5.91 Å². The van der Waals surface area contributed by atoms with Gasteiger partial charge in [-0.05, 0) is 25.7 Å². The Bertz CT molecular complexity index is 408. The average molecular weight is 314 g/mol. The second-order valence-electron chi connectivity index (χ2n) is 4.87.